The van der Waals surface area contributed by atoms with Crippen LogP contribution in [0.2, 0.25) is 0 Å². The number of hydrogen-bond acceptors (Lipinski definition) is 6. The van der Waals surface area contributed by atoms with Crippen molar-refractivity contribution in [1.82, 2.24) is 14.8 Å². The Labute approximate surface area is 186 Å². The van der Waals surface area contributed by atoms with Gasteiger partial charge >= 0.3 is 6.61 Å². The number of rotatable bonds is 8. The molecule has 1 N–H and O–H groups in total. The summed E-state index contributed by atoms with van der Waals surface area (Å²) in [6.07, 6.45) is 1.48. The highest BCUT2D eigenvalue weighted by atomic mass is 32.2. The Morgan fingerprint density at radius 1 is 1.34 bits per heavy atom. The van der Waals surface area contributed by atoms with Gasteiger partial charge in [-0.25, -0.2) is 8.42 Å². The number of aryl methyl sites for hydroxylation is 2. The first-order chi connectivity index (χ1) is 15.1. The summed E-state index contributed by atoms with van der Waals surface area (Å²) in [5.74, 6) is -0.699. The van der Waals surface area contributed by atoms with Gasteiger partial charge in [0.1, 0.15) is 16.3 Å². The predicted molar refractivity (Wildman–Crippen MR) is 112 cm³/mol. The smallest absolute Gasteiger partial charge is 0.387 e. The molecule has 1 saturated heterocycles. The molecule has 2 unspecified atom stereocenters. The molecular weight excluding hydrogens is 444 g/mol. The molecule has 1 amide bonds. The van der Waals surface area contributed by atoms with Crippen molar-refractivity contribution < 1.29 is 31.3 Å². The molecule has 11 heteroatoms. The van der Waals surface area contributed by atoms with Crippen molar-refractivity contribution in [1.29, 1.82) is 0 Å². The van der Waals surface area contributed by atoms with Crippen LogP contribution < -0.4 is 10.1 Å². The van der Waals surface area contributed by atoms with Crippen molar-refractivity contribution in [2.75, 3.05) is 13.1 Å². The van der Waals surface area contributed by atoms with Crippen LogP contribution in [0.15, 0.2) is 33.7 Å². The highest BCUT2D eigenvalue weighted by Gasteiger charge is 2.37. The molecule has 1 aliphatic rings. The Balaban J connectivity index is 1.75. The number of hydrogen-bond donors (Lipinski definition) is 1. The molecule has 2 atom stereocenters. The van der Waals surface area contributed by atoms with Crippen molar-refractivity contribution in [3.8, 4) is 5.75 Å². The van der Waals surface area contributed by atoms with Gasteiger partial charge in [0.2, 0.25) is 15.9 Å². The Morgan fingerprint density at radius 3 is 2.69 bits per heavy atom. The number of piperidine rings is 1. The minimum absolute atomic E-state index is 0.000840. The molecule has 0 spiro atoms. The molecule has 2 aromatic rings. The van der Waals surface area contributed by atoms with Crippen molar-refractivity contribution in [3.05, 3.63) is 41.3 Å². The van der Waals surface area contributed by atoms with Crippen molar-refractivity contribution in [2.24, 2.45) is 5.92 Å². The van der Waals surface area contributed by atoms with Crippen LogP contribution in [0.1, 0.15) is 49.2 Å². The summed E-state index contributed by atoms with van der Waals surface area (Å²) in [6.45, 7) is 2.24. The lowest BCUT2D eigenvalue weighted by molar-refractivity contribution is -0.126. The van der Waals surface area contributed by atoms with Gasteiger partial charge in [-0.15, -0.1) is 0 Å². The lowest BCUT2D eigenvalue weighted by Gasteiger charge is -2.32. The zero-order valence-electron chi connectivity index (χ0n) is 18.2. The minimum Gasteiger partial charge on any atom is -0.434 e. The van der Waals surface area contributed by atoms with E-state index in [1.165, 1.54) is 17.3 Å². The number of sulfonamides is 1. The topological polar surface area (TPSA) is 102 Å². The molecule has 0 bridgehead atoms. The van der Waals surface area contributed by atoms with E-state index >= 15 is 0 Å². The highest BCUT2D eigenvalue weighted by Crippen LogP contribution is 2.31. The molecular formula is C21H27F2N3O5S. The summed E-state index contributed by atoms with van der Waals surface area (Å²) in [5, 5.41) is 6.60. The summed E-state index contributed by atoms with van der Waals surface area (Å²) in [5.41, 5.74) is 0.718. The number of halogens is 2. The van der Waals surface area contributed by atoms with E-state index in [1.54, 1.807) is 25.1 Å². The van der Waals surface area contributed by atoms with E-state index in [-0.39, 0.29) is 34.6 Å². The van der Waals surface area contributed by atoms with Crippen LogP contribution in [0.3, 0.4) is 0 Å². The maximum atomic E-state index is 13.1. The molecule has 1 aromatic carbocycles. The average molecular weight is 472 g/mol. The summed E-state index contributed by atoms with van der Waals surface area (Å²) in [7, 11) is -3.86. The van der Waals surface area contributed by atoms with Gasteiger partial charge in [0.15, 0.2) is 5.76 Å². The fourth-order valence-electron chi connectivity index (χ4n) is 4.01. The first-order valence-electron chi connectivity index (χ1n) is 10.4. The zero-order valence-corrected chi connectivity index (χ0v) is 19.0. The number of ether oxygens (including phenoxy) is 1. The van der Waals surface area contributed by atoms with Crippen molar-refractivity contribution in [2.45, 2.75) is 57.6 Å². The van der Waals surface area contributed by atoms with Crippen LogP contribution in [0.4, 0.5) is 8.78 Å². The van der Waals surface area contributed by atoms with E-state index in [4.69, 9.17) is 4.52 Å². The van der Waals surface area contributed by atoms with Gasteiger partial charge in [-0.2, -0.15) is 13.1 Å². The number of nitrogens with zero attached hydrogens (tertiary/aromatic N) is 2. The van der Waals surface area contributed by atoms with Crippen LogP contribution in [0.5, 0.6) is 5.75 Å². The summed E-state index contributed by atoms with van der Waals surface area (Å²) in [4.78, 5) is 13.0. The van der Waals surface area contributed by atoms with E-state index in [2.05, 4.69) is 15.2 Å². The van der Waals surface area contributed by atoms with Crippen LogP contribution in [0.25, 0.3) is 0 Å². The standard InChI is InChI=1S/C21H27F2N3O5S/c1-4-17(16-9-5-6-10-18(16)30-21(22)23)24-20(27)15-8-7-11-26(12-15)32(28,29)19-13(2)25-31-14(19)3/h5-6,9-10,15,17,21H,4,7-8,11-12H2,1-3H3,(H,24,27). The summed E-state index contributed by atoms with van der Waals surface area (Å²) in [6, 6.07) is 5.76. The van der Waals surface area contributed by atoms with E-state index in [0.29, 0.717) is 31.4 Å². The van der Waals surface area contributed by atoms with Crippen LogP contribution >= 0.6 is 0 Å². The van der Waals surface area contributed by atoms with Gasteiger partial charge in [-0.1, -0.05) is 30.3 Å². The number of alkyl halides is 2. The molecule has 0 aliphatic carbocycles. The van der Waals surface area contributed by atoms with Crippen molar-refractivity contribution >= 4 is 15.9 Å². The lowest BCUT2D eigenvalue weighted by Crippen LogP contribution is -2.46. The van der Waals surface area contributed by atoms with Crippen LogP contribution in [0, 0.1) is 19.8 Å². The third-order valence-corrected chi connectivity index (χ3v) is 7.67. The molecule has 32 heavy (non-hydrogen) atoms. The molecule has 2 heterocycles. The van der Waals surface area contributed by atoms with E-state index in [0.717, 1.165) is 0 Å². The predicted octanol–water partition coefficient (Wildman–Crippen LogP) is 3.56. The monoisotopic (exact) mass is 471 g/mol. The maximum Gasteiger partial charge on any atom is 0.387 e. The molecule has 1 fully saturated rings. The molecule has 1 aliphatic heterocycles. The second kappa shape index (κ2) is 9.95. The number of benzene rings is 1. The first kappa shape index (κ1) is 24.1. The quantitative estimate of drug-likeness (QED) is 0.632. The van der Waals surface area contributed by atoms with E-state index in [9.17, 15) is 22.0 Å². The average Bonchev–Trinajstić information content (AvgIpc) is 3.10. The summed E-state index contributed by atoms with van der Waals surface area (Å²) >= 11 is 0. The number of nitrogens with one attached hydrogen (secondary N) is 1. The maximum absolute atomic E-state index is 13.1. The van der Waals surface area contributed by atoms with Gasteiger partial charge in [0.25, 0.3) is 0 Å². The highest BCUT2D eigenvalue weighted by molar-refractivity contribution is 7.89. The van der Waals surface area contributed by atoms with Gasteiger partial charge < -0.3 is 14.6 Å². The Hall–Kier alpha value is -2.53. The Bertz CT molecular complexity index is 1040. The third kappa shape index (κ3) is 5.09. The number of aromatic nitrogens is 1. The summed E-state index contributed by atoms with van der Waals surface area (Å²) < 4.78 is 62.6. The zero-order chi connectivity index (χ0) is 23.5. The Morgan fingerprint density at radius 2 is 2.06 bits per heavy atom. The van der Waals surface area contributed by atoms with Gasteiger partial charge in [0.05, 0.1) is 12.0 Å². The Kier molecular flexibility index (Phi) is 7.50. The first-order valence-corrected chi connectivity index (χ1v) is 11.9. The molecule has 0 radical (unpaired) electrons. The fourth-order valence-corrected chi connectivity index (χ4v) is 5.82. The fraction of sp³-hybridized carbons (Fsp3) is 0.524. The van der Waals surface area contributed by atoms with Gasteiger partial charge in [0, 0.05) is 18.7 Å². The van der Waals surface area contributed by atoms with E-state index < -0.39 is 28.6 Å². The number of carbonyl (C=O) groups is 1. The van der Waals surface area contributed by atoms with Gasteiger partial charge in [-0.05, 0) is 39.2 Å². The SMILES string of the molecule is CCC(NC(=O)C1CCCN(S(=O)(=O)c2c(C)noc2C)C1)c1ccccc1OC(F)F. The van der Waals surface area contributed by atoms with Crippen molar-refractivity contribution in [3.63, 3.8) is 0 Å². The molecule has 1 aromatic heterocycles. The number of carbonyl (C=O) groups excluding carboxylic acids is 1. The second-order valence-corrected chi connectivity index (χ2v) is 9.62. The molecule has 0 saturated carbocycles. The van der Waals surface area contributed by atoms with Crippen LogP contribution in [-0.4, -0.2) is 43.5 Å². The molecule has 3 rings (SSSR count). The van der Waals surface area contributed by atoms with Gasteiger partial charge in [-0.3, -0.25) is 4.79 Å². The largest absolute Gasteiger partial charge is 0.434 e. The minimum atomic E-state index is -3.86. The molecule has 8 nitrogen and oxygen atoms in total. The van der Waals surface area contributed by atoms with E-state index in [1.807, 2.05) is 6.92 Å². The second-order valence-electron chi connectivity index (χ2n) is 7.74. The normalized spacial score (nSPS) is 18.5. The lowest BCUT2D eigenvalue weighted by atomic mass is 9.97. The van der Waals surface area contributed by atoms with Crippen LogP contribution in [-0.2, 0) is 14.8 Å². The third-order valence-electron chi connectivity index (χ3n) is 5.56. The number of amides is 1. The molecule has 176 valence electrons. The number of para-hydroxylation sites is 1.